The molecule has 112 valence electrons. The van der Waals surface area contributed by atoms with Crippen LogP contribution >= 0.6 is 39.1 Å². The summed E-state index contributed by atoms with van der Waals surface area (Å²) >= 11 is 15.1. The van der Waals surface area contributed by atoms with E-state index >= 15 is 0 Å². The van der Waals surface area contributed by atoms with Gasteiger partial charge in [0, 0.05) is 4.47 Å². The molecule has 0 heterocycles. The number of nitrogens with one attached hydrogen (secondary N) is 1. The van der Waals surface area contributed by atoms with Crippen LogP contribution in [0.25, 0.3) is 0 Å². The molecule has 21 heavy (non-hydrogen) atoms. The first kappa shape index (κ1) is 16.4. The van der Waals surface area contributed by atoms with Crippen LogP contribution in [0.3, 0.4) is 0 Å². The average Bonchev–Trinajstić information content (AvgIpc) is 2.37. The van der Waals surface area contributed by atoms with Crippen LogP contribution in [0.5, 0.6) is 0 Å². The molecule has 0 saturated heterocycles. The second kappa shape index (κ2) is 6.00. The molecule has 0 aliphatic heterocycles. The van der Waals surface area contributed by atoms with Crippen molar-refractivity contribution in [3.8, 4) is 0 Å². The van der Waals surface area contributed by atoms with Crippen molar-refractivity contribution in [2.75, 3.05) is 10.5 Å². The molecular formula is C12H8BrCl2FN2O2S. The van der Waals surface area contributed by atoms with Crippen LogP contribution < -0.4 is 10.5 Å². The van der Waals surface area contributed by atoms with Gasteiger partial charge in [-0.3, -0.25) is 4.72 Å². The highest BCUT2D eigenvalue weighted by atomic mass is 79.9. The van der Waals surface area contributed by atoms with E-state index in [0.717, 1.165) is 18.2 Å². The van der Waals surface area contributed by atoms with E-state index in [1.807, 2.05) is 0 Å². The van der Waals surface area contributed by atoms with Gasteiger partial charge in [0.2, 0.25) is 0 Å². The van der Waals surface area contributed by atoms with E-state index in [0.29, 0.717) is 4.47 Å². The molecule has 0 aromatic heterocycles. The summed E-state index contributed by atoms with van der Waals surface area (Å²) in [5, 5.41) is 0.237. The number of halogens is 4. The van der Waals surface area contributed by atoms with Gasteiger partial charge in [0.05, 0.1) is 26.3 Å². The van der Waals surface area contributed by atoms with Gasteiger partial charge in [0.15, 0.2) is 0 Å². The Morgan fingerprint density at radius 2 is 1.71 bits per heavy atom. The lowest BCUT2D eigenvalue weighted by Gasteiger charge is -2.12. The van der Waals surface area contributed by atoms with Crippen LogP contribution in [0.4, 0.5) is 15.8 Å². The van der Waals surface area contributed by atoms with E-state index < -0.39 is 15.8 Å². The Bertz CT molecular complexity index is 792. The maximum atomic E-state index is 13.1. The molecule has 2 aromatic rings. The average molecular weight is 414 g/mol. The second-order valence-electron chi connectivity index (χ2n) is 4.03. The molecule has 0 fully saturated rings. The monoisotopic (exact) mass is 412 g/mol. The summed E-state index contributed by atoms with van der Waals surface area (Å²) in [4.78, 5) is -0.198. The zero-order valence-electron chi connectivity index (χ0n) is 10.2. The van der Waals surface area contributed by atoms with Gasteiger partial charge >= 0.3 is 0 Å². The molecule has 2 aromatic carbocycles. The third kappa shape index (κ3) is 3.60. The minimum atomic E-state index is -3.99. The smallest absolute Gasteiger partial charge is 0.262 e. The van der Waals surface area contributed by atoms with Crippen LogP contribution in [0.15, 0.2) is 39.7 Å². The number of hydrogen-bond donors (Lipinski definition) is 2. The summed E-state index contributed by atoms with van der Waals surface area (Å²) in [5.41, 5.74) is 5.12. The van der Waals surface area contributed by atoms with Gasteiger partial charge in [-0.05, 0) is 30.3 Å². The number of sulfonamides is 1. The van der Waals surface area contributed by atoms with Gasteiger partial charge in [-0.2, -0.15) is 0 Å². The molecule has 3 N–H and O–H groups in total. The molecule has 0 unspecified atom stereocenters. The normalized spacial score (nSPS) is 11.4. The van der Waals surface area contributed by atoms with E-state index in [2.05, 4.69) is 20.7 Å². The second-order valence-corrected chi connectivity index (χ2v) is 7.45. The Labute approximate surface area is 139 Å². The van der Waals surface area contributed by atoms with Crippen molar-refractivity contribution >= 4 is 60.5 Å². The predicted molar refractivity (Wildman–Crippen MR) is 85.8 cm³/mol. The molecule has 0 aliphatic carbocycles. The summed E-state index contributed by atoms with van der Waals surface area (Å²) in [6, 6.07) is 6.05. The van der Waals surface area contributed by atoms with Gasteiger partial charge in [-0.15, -0.1) is 0 Å². The first-order valence-corrected chi connectivity index (χ1v) is 8.46. The fourth-order valence-corrected chi connectivity index (χ4v) is 4.07. The Kier molecular flexibility index (Phi) is 4.67. The molecule has 0 amide bonds. The largest absolute Gasteiger partial charge is 0.396 e. The minimum absolute atomic E-state index is 0.0319. The first-order chi connectivity index (χ1) is 9.70. The Morgan fingerprint density at radius 1 is 1.14 bits per heavy atom. The highest BCUT2D eigenvalue weighted by molar-refractivity contribution is 9.10. The number of anilines is 2. The van der Waals surface area contributed by atoms with Crippen LogP contribution in [-0.4, -0.2) is 8.42 Å². The Morgan fingerprint density at radius 3 is 2.24 bits per heavy atom. The van der Waals surface area contributed by atoms with Crippen molar-refractivity contribution in [1.29, 1.82) is 0 Å². The number of nitrogens with two attached hydrogens (primary N) is 1. The SMILES string of the molecule is Nc1cc(S(=O)(=O)Nc2c(Cl)cc(Br)cc2Cl)ccc1F. The number of nitrogen functional groups attached to an aromatic ring is 1. The summed E-state index contributed by atoms with van der Waals surface area (Å²) < 4.78 is 40.4. The molecule has 0 aliphatic rings. The molecule has 0 bridgehead atoms. The maximum Gasteiger partial charge on any atom is 0.262 e. The fourth-order valence-electron chi connectivity index (χ4n) is 1.52. The van der Waals surface area contributed by atoms with E-state index in [4.69, 9.17) is 28.9 Å². The maximum absolute atomic E-state index is 13.1. The van der Waals surface area contributed by atoms with Crippen LogP contribution in [-0.2, 0) is 10.0 Å². The third-order valence-corrected chi connectivity index (χ3v) is 4.92. The van der Waals surface area contributed by atoms with E-state index in [1.165, 1.54) is 12.1 Å². The molecular weight excluding hydrogens is 406 g/mol. The van der Waals surface area contributed by atoms with Gasteiger partial charge in [0.25, 0.3) is 10.0 Å². The van der Waals surface area contributed by atoms with Gasteiger partial charge < -0.3 is 5.73 Å². The summed E-state index contributed by atoms with van der Waals surface area (Å²) in [6.07, 6.45) is 0. The summed E-state index contributed by atoms with van der Waals surface area (Å²) in [6.45, 7) is 0. The zero-order valence-corrected chi connectivity index (χ0v) is 14.1. The van der Waals surface area contributed by atoms with E-state index in [1.54, 1.807) is 0 Å². The quantitative estimate of drug-likeness (QED) is 0.737. The fraction of sp³-hybridized carbons (Fsp3) is 0. The van der Waals surface area contributed by atoms with Crippen molar-refractivity contribution in [3.05, 3.63) is 50.7 Å². The van der Waals surface area contributed by atoms with E-state index in [9.17, 15) is 12.8 Å². The molecule has 2 rings (SSSR count). The lowest BCUT2D eigenvalue weighted by atomic mass is 10.3. The molecule has 0 atom stereocenters. The standard InChI is InChI=1S/C12H8BrCl2FN2O2S/c13-6-3-8(14)12(9(15)4-6)18-21(19,20)7-1-2-10(16)11(17)5-7/h1-5,18H,17H2. The van der Waals surface area contributed by atoms with Gasteiger partial charge in [-0.1, -0.05) is 39.1 Å². The summed E-state index contributed by atoms with van der Waals surface area (Å²) in [7, 11) is -3.99. The van der Waals surface area contributed by atoms with Crippen molar-refractivity contribution < 1.29 is 12.8 Å². The highest BCUT2D eigenvalue weighted by Gasteiger charge is 2.19. The number of hydrogen-bond acceptors (Lipinski definition) is 3. The van der Waals surface area contributed by atoms with E-state index in [-0.39, 0.29) is 26.3 Å². The third-order valence-electron chi connectivity index (χ3n) is 2.52. The lowest BCUT2D eigenvalue weighted by Crippen LogP contribution is -2.14. The van der Waals surface area contributed by atoms with Crippen LogP contribution in [0.1, 0.15) is 0 Å². The minimum Gasteiger partial charge on any atom is -0.396 e. The lowest BCUT2D eigenvalue weighted by molar-refractivity contribution is 0.600. The molecule has 4 nitrogen and oxygen atoms in total. The molecule has 0 spiro atoms. The van der Waals surface area contributed by atoms with Crippen LogP contribution in [0.2, 0.25) is 10.0 Å². The van der Waals surface area contributed by atoms with Crippen molar-refractivity contribution in [2.45, 2.75) is 4.90 Å². The first-order valence-electron chi connectivity index (χ1n) is 5.43. The Hall–Kier alpha value is -1.02. The number of rotatable bonds is 3. The predicted octanol–water partition coefficient (Wildman–Crippen LogP) is 4.28. The molecule has 0 radical (unpaired) electrons. The highest BCUT2D eigenvalue weighted by Crippen LogP contribution is 2.35. The van der Waals surface area contributed by atoms with Crippen molar-refractivity contribution in [1.82, 2.24) is 0 Å². The number of benzene rings is 2. The zero-order chi connectivity index (χ0) is 15.8. The topological polar surface area (TPSA) is 72.2 Å². The van der Waals surface area contributed by atoms with Gasteiger partial charge in [-0.25, -0.2) is 12.8 Å². The van der Waals surface area contributed by atoms with Crippen LogP contribution in [0, 0.1) is 5.82 Å². The Balaban J connectivity index is 2.44. The molecule has 0 saturated carbocycles. The van der Waals surface area contributed by atoms with Crippen molar-refractivity contribution in [2.24, 2.45) is 0 Å². The summed E-state index contributed by atoms with van der Waals surface area (Å²) in [5.74, 6) is -0.700. The molecule has 9 heteroatoms. The van der Waals surface area contributed by atoms with Crippen molar-refractivity contribution in [3.63, 3.8) is 0 Å². The van der Waals surface area contributed by atoms with Gasteiger partial charge in [0.1, 0.15) is 5.82 Å².